The molecule has 1 nitrogen and oxygen atoms in total. The topological polar surface area (TPSA) is 17.1 Å². The van der Waals surface area contributed by atoms with Crippen molar-refractivity contribution in [1.82, 2.24) is 0 Å². The van der Waals surface area contributed by atoms with Gasteiger partial charge in [-0.3, -0.25) is 0 Å². The van der Waals surface area contributed by atoms with E-state index in [-0.39, 0.29) is 0 Å². The first-order valence-corrected chi connectivity index (χ1v) is 6.30. The molecule has 0 aromatic rings. The minimum absolute atomic E-state index is 0.773. The second kappa shape index (κ2) is 7.03. The number of hydrogen-bond acceptors (Lipinski definition) is 1. The van der Waals surface area contributed by atoms with Crippen LogP contribution in [-0.2, 0) is 4.79 Å². The van der Waals surface area contributed by atoms with E-state index in [2.05, 4.69) is 6.92 Å². The molecule has 0 aliphatic heterocycles. The third-order valence-electron chi connectivity index (χ3n) is 3.60. The van der Waals surface area contributed by atoms with Crippen LogP contribution >= 0.6 is 0 Å². The van der Waals surface area contributed by atoms with Gasteiger partial charge in [0.25, 0.3) is 0 Å². The van der Waals surface area contributed by atoms with Gasteiger partial charge in [-0.1, -0.05) is 51.9 Å². The van der Waals surface area contributed by atoms with Crippen LogP contribution in [0.2, 0.25) is 0 Å². The maximum absolute atomic E-state index is 10.2. The van der Waals surface area contributed by atoms with Crippen molar-refractivity contribution < 1.29 is 4.79 Å². The molecule has 0 radical (unpaired) electrons. The highest BCUT2D eigenvalue weighted by Gasteiger charge is 2.19. The van der Waals surface area contributed by atoms with Gasteiger partial charge >= 0.3 is 0 Å². The fourth-order valence-corrected chi connectivity index (χ4v) is 2.71. The molecule has 0 unspecified atom stereocenters. The Morgan fingerprint density at radius 1 is 1.07 bits per heavy atom. The Kier molecular flexibility index (Phi) is 5.89. The molecule has 1 rings (SSSR count). The van der Waals surface area contributed by atoms with E-state index in [1.54, 1.807) is 0 Å². The Labute approximate surface area is 88.3 Å². The fraction of sp³-hybridized carbons (Fsp3) is 0.923. The molecule has 1 aliphatic rings. The lowest BCUT2D eigenvalue weighted by Gasteiger charge is -2.28. The third kappa shape index (κ3) is 4.26. The van der Waals surface area contributed by atoms with E-state index in [0.717, 1.165) is 31.0 Å². The monoisotopic (exact) mass is 196 g/mol. The molecule has 14 heavy (non-hydrogen) atoms. The van der Waals surface area contributed by atoms with Gasteiger partial charge in [-0.15, -0.1) is 0 Å². The molecular weight excluding hydrogens is 172 g/mol. The van der Waals surface area contributed by atoms with Gasteiger partial charge in [0.15, 0.2) is 0 Å². The normalized spacial score (nSPS) is 27.5. The van der Waals surface area contributed by atoms with Crippen LogP contribution in [0.25, 0.3) is 0 Å². The summed E-state index contributed by atoms with van der Waals surface area (Å²) >= 11 is 0. The van der Waals surface area contributed by atoms with Gasteiger partial charge in [0.2, 0.25) is 0 Å². The van der Waals surface area contributed by atoms with Crippen molar-refractivity contribution in [2.75, 3.05) is 0 Å². The summed E-state index contributed by atoms with van der Waals surface area (Å²) in [6, 6.07) is 0. The molecule has 0 aromatic heterocycles. The maximum atomic E-state index is 10.2. The van der Waals surface area contributed by atoms with Crippen LogP contribution in [0.15, 0.2) is 0 Å². The van der Waals surface area contributed by atoms with Gasteiger partial charge in [0.1, 0.15) is 6.29 Å². The van der Waals surface area contributed by atoms with Crippen LogP contribution in [0, 0.1) is 11.8 Å². The molecule has 1 saturated carbocycles. The van der Waals surface area contributed by atoms with E-state index < -0.39 is 0 Å². The van der Waals surface area contributed by atoms with Crippen molar-refractivity contribution in [1.29, 1.82) is 0 Å². The molecule has 0 atom stereocenters. The lowest BCUT2D eigenvalue weighted by Crippen LogP contribution is -2.14. The largest absolute Gasteiger partial charge is 0.303 e. The van der Waals surface area contributed by atoms with Crippen LogP contribution in [0.3, 0.4) is 0 Å². The van der Waals surface area contributed by atoms with E-state index >= 15 is 0 Å². The number of carbonyl (C=O) groups is 1. The number of carbonyl (C=O) groups excluding carboxylic acids is 1. The number of aldehydes is 1. The van der Waals surface area contributed by atoms with Crippen molar-refractivity contribution in [3.05, 3.63) is 0 Å². The van der Waals surface area contributed by atoms with Crippen molar-refractivity contribution >= 4 is 6.29 Å². The average Bonchev–Trinajstić information content (AvgIpc) is 2.21. The number of rotatable bonds is 6. The van der Waals surface area contributed by atoms with Crippen molar-refractivity contribution in [2.45, 2.75) is 64.7 Å². The molecular formula is C13H24O. The van der Waals surface area contributed by atoms with Gasteiger partial charge in [-0.25, -0.2) is 0 Å². The van der Waals surface area contributed by atoms with Gasteiger partial charge in [0.05, 0.1) is 0 Å². The van der Waals surface area contributed by atoms with Crippen LogP contribution in [0.4, 0.5) is 0 Å². The highest BCUT2D eigenvalue weighted by atomic mass is 16.1. The summed E-state index contributed by atoms with van der Waals surface area (Å²) in [4.78, 5) is 10.2. The quantitative estimate of drug-likeness (QED) is 0.464. The number of unbranched alkanes of at least 4 members (excludes halogenated alkanes) is 1. The lowest BCUT2D eigenvalue weighted by atomic mass is 9.78. The van der Waals surface area contributed by atoms with Gasteiger partial charge in [-0.05, 0) is 18.3 Å². The molecule has 82 valence electrons. The molecule has 0 N–H and O–H groups in total. The molecule has 0 bridgehead atoms. The van der Waals surface area contributed by atoms with Gasteiger partial charge in [0, 0.05) is 6.42 Å². The summed E-state index contributed by atoms with van der Waals surface area (Å²) in [5.74, 6) is 1.95. The van der Waals surface area contributed by atoms with Gasteiger partial charge in [-0.2, -0.15) is 0 Å². The SMILES string of the molecule is CCCC1CCC(CCCC=O)CC1. The summed E-state index contributed by atoms with van der Waals surface area (Å²) in [6.07, 6.45) is 12.7. The van der Waals surface area contributed by atoms with Crippen LogP contribution in [0.1, 0.15) is 64.7 Å². The van der Waals surface area contributed by atoms with Crippen molar-refractivity contribution in [3.8, 4) is 0 Å². The summed E-state index contributed by atoms with van der Waals surface area (Å²) in [6.45, 7) is 2.29. The number of hydrogen-bond donors (Lipinski definition) is 0. The minimum atomic E-state index is 0.773. The smallest absolute Gasteiger partial charge is 0.119 e. The summed E-state index contributed by atoms with van der Waals surface area (Å²) in [5.41, 5.74) is 0. The predicted molar refractivity (Wildman–Crippen MR) is 60.3 cm³/mol. The van der Waals surface area contributed by atoms with E-state index in [0.29, 0.717) is 0 Å². The first-order chi connectivity index (χ1) is 6.86. The van der Waals surface area contributed by atoms with Crippen LogP contribution in [-0.4, -0.2) is 6.29 Å². The van der Waals surface area contributed by atoms with Crippen molar-refractivity contribution in [2.24, 2.45) is 11.8 Å². The van der Waals surface area contributed by atoms with E-state index in [9.17, 15) is 4.79 Å². The predicted octanol–water partition coefficient (Wildman–Crippen LogP) is 3.96. The second-order valence-corrected chi connectivity index (χ2v) is 4.77. The lowest BCUT2D eigenvalue weighted by molar-refractivity contribution is -0.108. The van der Waals surface area contributed by atoms with Crippen molar-refractivity contribution in [3.63, 3.8) is 0 Å². The zero-order valence-electron chi connectivity index (χ0n) is 9.50. The molecule has 0 saturated heterocycles. The minimum Gasteiger partial charge on any atom is -0.303 e. The summed E-state index contributed by atoms with van der Waals surface area (Å²) in [5, 5.41) is 0. The average molecular weight is 196 g/mol. The Hall–Kier alpha value is -0.330. The first kappa shape index (κ1) is 11.7. The van der Waals surface area contributed by atoms with E-state index in [4.69, 9.17) is 0 Å². The maximum Gasteiger partial charge on any atom is 0.119 e. The highest BCUT2D eigenvalue weighted by molar-refractivity contribution is 5.48. The first-order valence-electron chi connectivity index (χ1n) is 6.30. The Morgan fingerprint density at radius 3 is 2.14 bits per heavy atom. The van der Waals surface area contributed by atoms with Crippen LogP contribution < -0.4 is 0 Å². The van der Waals surface area contributed by atoms with E-state index in [1.165, 1.54) is 44.9 Å². The Morgan fingerprint density at radius 2 is 1.64 bits per heavy atom. The Bertz CT molecular complexity index is 145. The summed E-state index contributed by atoms with van der Waals surface area (Å²) < 4.78 is 0. The molecule has 0 amide bonds. The highest BCUT2D eigenvalue weighted by Crippen LogP contribution is 2.33. The molecule has 1 aliphatic carbocycles. The molecule has 0 heterocycles. The zero-order valence-corrected chi connectivity index (χ0v) is 9.50. The third-order valence-corrected chi connectivity index (χ3v) is 3.60. The molecule has 1 fully saturated rings. The molecule has 0 aromatic carbocycles. The summed E-state index contributed by atoms with van der Waals surface area (Å²) in [7, 11) is 0. The van der Waals surface area contributed by atoms with Crippen LogP contribution in [0.5, 0.6) is 0 Å². The molecule has 1 heteroatoms. The Balaban J connectivity index is 2.06. The second-order valence-electron chi connectivity index (χ2n) is 4.77. The molecule has 0 spiro atoms. The fourth-order valence-electron chi connectivity index (χ4n) is 2.71. The standard InChI is InChI=1S/C13H24O/c1-2-5-12-7-9-13(10-8-12)6-3-4-11-14/h11-13H,2-10H2,1H3. The zero-order chi connectivity index (χ0) is 10.2. The van der Waals surface area contributed by atoms with Gasteiger partial charge < -0.3 is 4.79 Å². The van der Waals surface area contributed by atoms with E-state index in [1.807, 2.05) is 0 Å².